The molecule has 10 rings (SSSR count). The second-order valence-corrected chi connectivity index (χ2v) is 15.4. The van der Waals surface area contributed by atoms with Gasteiger partial charge in [0, 0.05) is 28.9 Å². The second-order valence-electron chi connectivity index (χ2n) is 15.4. The van der Waals surface area contributed by atoms with Gasteiger partial charge in [-0.15, -0.1) is 0 Å². The Morgan fingerprint density at radius 3 is 1.75 bits per heavy atom. The van der Waals surface area contributed by atoms with Crippen LogP contribution in [0.2, 0.25) is 0 Å². The first kappa shape index (κ1) is 37.3. The third-order valence-corrected chi connectivity index (χ3v) is 11.3. The van der Waals surface area contributed by atoms with Gasteiger partial charge in [0.1, 0.15) is 0 Å². The van der Waals surface area contributed by atoms with Gasteiger partial charge < -0.3 is 5.32 Å². The SMILES string of the molecule is Cc1ccccc1-c1nc(-c2ccccc2)nc(-c2cc(-c3cccc(/C=C/c4ccccc4-c4ccccc4)c3)cc(-c3cccc(C4=Cc5ccccc5NC4)c3)c2)n1. The molecular formula is C57H42N4. The van der Waals surface area contributed by atoms with E-state index in [0.717, 1.165) is 62.3 Å². The number of aryl methyl sites for hydroxylation is 1. The van der Waals surface area contributed by atoms with Gasteiger partial charge in [-0.2, -0.15) is 0 Å². The van der Waals surface area contributed by atoms with Crippen LogP contribution in [0.25, 0.3) is 91.3 Å². The van der Waals surface area contributed by atoms with Crippen LogP contribution in [0.3, 0.4) is 0 Å². The summed E-state index contributed by atoms with van der Waals surface area (Å²) in [4.78, 5) is 15.4. The smallest absolute Gasteiger partial charge is 0.164 e. The standard InChI is InChI=1S/C57H42N4/c1-39-16-8-11-27-52(39)57-60-55(43-21-6-3-7-22-43)59-56(61-57)50-36-48(35-49(37-50)45-25-15-26-46(33-45)51-34-47-23-10-13-29-54(47)58-38-51)44-24-14-17-40(32-44)30-31-42-20-9-12-28-53(42)41-18-4-2-5-19-41/h2-37,58H,38H2,1H3/b31-30+. The number of anilines is 1. The molecule has 2 heterocycles. The Kier molecular flexibility index (Phi) is 10.2. The molecule has 0 fully saturated rings. The predicted molar refractivity (Wildman–Crippen MR) is 255 cm³/mol. The number of aromatic nitrogens is 3. The van der Waals surface area contributed by atoms with E-state index in [4.69, 9.17) is 15.0 Å². The quantitative estimate of drug-likeness (QED) is 0.148. The maximum absolute atomic E-state index is 5.21. The summed E-state index contributed by atoms with van der Waals surface area (Å²) in [6, 6.07) is 70.4. The van der Waals surface area contributed by atoms with Gasteiger partial charge in [0.15, 0.2) is 17.5 Å². The van der Waals surface area contributed by atoms with E-state index in [1.54, 1.807) is 0 Å². The van der Waals surface area contributed by atoms with Gasteiger partial charge in [0.2, 0.25) is 0 Å². The topological polar surface area (TPSA) is 50.7 Å². The summed E-state index contributed by atoms with van der Waals surface area (Å²) < 4.78 is 0. The number of benzene rings is 8. The Labute approximate surface area is 357 Å². The van der Waals surface area contributed by atoms with E-state index in [0.29, 0.717) is 17.5 Å². The molecule has 0 amide bonds. The van der Waals surface area contributed by atoms with Crippen molar-refractivity contribution in [3.63, 3.8) is 0 Å². The fourth-order valence-electron chi connectivity index (χ4n) is 8.08. The molecule has 9 aromatic rings. The van der Waals surface area contributed by atoms with E-state index in [-0.39, 0.29) is 0 Å². The zero-order valence-corrected chi connectivity index (χ0v) is 33.8. The number of rotatable bonds is 9. The Bertz CT molecular complexity index is 3090. The molecule has 0 radical (unpaired) electrons. The Balaban J connectivity index is 1.11. The molecular weight excluding hydrogens is 741 g/mol. The van der Waals surface area contributed by atoms with Crippen molar-refractivity contribution in [1.82, 2.24) is 15.0 Å². The molecule has 4 heteroatoms. The molecule has 61 heavy (non-hydrogen) atoms. The van der Waals surface area contributed by atoms with Crippen molar-refractivity contribution in [2.75, 3.05) is 11.9 Å². The fourth-order valence-corrected chi connectivity index (χ4v) is 8.08. The first-order valence-corrected chi connectivity index (χ1v) is 20.7. The molecule has 0 saturated carbocycles. The average molecular weight is 783 g/mol. The van der Waals surface area contributed by atoms with Crippen molar-refractivity contribution >= 4 is 29.5 Å². The zero-order valence-electron chi connectivity index (χ0n) is 33.8. The predicted octanol–water partition coefficient (Wildman–Crippen LogP) is 14.3. The van der Waals surface area contributed by atoms with E-state index in [1.165, 1.54) is 33.4 Å². The third-order valence-electron chi connectivity index (χ3n) is 11.3. The molecule has 0 aliphatic carbocycles. The first-order chi connectivity index (χ1) is 30.1. The lowest BCUT2D eigenvalue weighted by Crippen LogP contribution is -2.09. The first-order valence-electron chi connectivity index (χ1n) is 20.7. The van der Waals surface area contributed by atoms with Crippen molar-refractivity contribution in [3.8, 4) is 67.5 Å². The maximum Gasteiger partial charge on any atom is 0.164 e. The summed E-state index contributed by atoms with van der Waals surface area (Å²) >= 11 is 0. The van der Waals surface area contributed by atoms with Crippen LogP contribution in [0.1, 0.15) is 27.8 Å². The highest BCUT2D eigenvalue weighted by atomic mass is 15.0. The lowest BCUT2D eigenvalue weighted by Gasteiger charge is -2.19. The van der Waals surface area contributed by atoms with E-state index in [9.17, 15) is 0 Å². The molecule has 1 aliphatic rings. The average Bonchev–Trinajstić information content (AvgIpc) is 3.34. The molecule has 0 saturated heterocycles. The van der Waals surface area contributed by atoms with E-state index < -0.39 is 0 Å². The molecule has 8 aromatic carbocycles. The van der Waals surface area contributed by atoms with Crippen molar-refractivity contribution in [1.29, 1.82) is 0 Å². The number of hydrogen-bond donors (Lipinski definition) is 1. The molecule has 1 aliphatic heterocycles. The molecule has 1 aromatic heterocycles. The summed E-state index contributed by atoms with van der Waals surface area (Å²) in [6.45, 7) is 2.86. The largest absolute Gasteiger partial charge is 0.380 e. The Hall–Kier alpha value is -7.95. The maximum atomic E-state index is 5.21. The van der Waals surface area contributed by atoms with Crippen LogP contribution in [0.15, 0.2) is 200 Å². The Morgan fingerprint density at radius 1 is 0.410 bits per heavy atom. The number of nitrogens with one attached hydrogen (secondary N) is 1. The minimum absolute atomic E-state index is 0.621. The highest BCUT2D eigenvalue weighted by Gasteiger charge is 2.17. The minimum atomic E-state index is 0.621. The van der Waals surface area contributed by atoms with E-state index in [1.807, 2.05) is 30.3 Å². The van der Waals surface area contributed by atoms with Gasteiger partial charge in [0.25, 0.3) is 0 Å². The summed E-state index contributed by atoms with van der Waals surface area (Å²) in [5, 5.41) is 3.61. The summed E-state index contributed by atoms with van der Waals surface area (Å²) in [5.41, 5.74) is 17.8. The normalized spacial score (nSPS) is 12.1. The van der Waals surface area contributed by atoms with Crippen LogP contribution in [-0.4, -0.2) is 21.5 Å². The van der Waals surface area contributed by atoms with Crippen LogP contribution in [0.5, 0.6) is 0 Å². The summed E-state index contributed by atoms with van der Waals surface area (Å²) in [5.74, 6) is 1.91. The van der Waals surface area contributed by atoms with Gasteiger partial charge in [-0.3, -0.25) is 0 Å². The second kappa shape index (κ2) is 16.7. The van der Waals surface area contributed by atoms with Crippen molar-refractivity contribution in [2.45, 2.75) is 6.92 Å². The summed E-state index contributed by atoms with van der Waals surface area (Å²) in [6.07, 6.45) is 6.72. The lowest BCUT2D eigenvalue weighted by molar-refractivity contribution is 1.07. The molecule has 4 nitrogen and oxygen atoms in total. The molecule has 0 spiro atoms. The van der Waals surface area contributed by atoms with Gasteiger partial charge in [-0.25, -0.2) is 15.0 Å². The monoisotopic (exact) mass is 782 g/mol. The van der Waals surface area contributed by atoms with Crippen LogP contribution in [-0.2, 0) is 0 Å². The lowest BCUT2D eigenvalue weighted by atomic mass is 9.92. The molecule has 0 atom stereocenters. The fraction of sp³-hybridized carbons (Fsp3) is 0.0351. The number of para-hydroxylation sites is 1. The third kappa shape index (κ3) is 8.08. The van der Waals surface area contributed by atoms with Crippen LogP contribution in [0.4, 0.5) is 5.69 Å². The van der Waals surface area contributed by atoms with Crippen LogP contribution < -0.4 is 5.32 Å². The van der Waals surface area contributed by atoms with E-state index in [2.05, 4.69) is 200 Å². The molecule has 1 N–H and O–H groups in total. The molecule has 0 unspecified atom stereocenters. The minimum Gasteiger partial charge on any atom is -0.380 e. The highest BCUT2D eigenvalue weighted by Crippen LogP contribution is 2.36. The van der Waals surface area contributed by atoms with Crippen molar-refractivity contribution in [2.24, 2.45) is 0 Å². The number of nitrogens with zero attached hydrogens (tertiary/aromatic N) is 3. The summed E-state index contributed by atoms with van der Waals surface area (Å²) in [7, 11) is 0. The Morgan fingerprint density at radius 2 is 0.967 bits per heavy atom. The van der Waals surface area contributed by atoms with Gasteiger partial charge in [0.05, 0.1) is 0 Å². The zero-order chi connectivity index (χ0) is 41.0. The van der Waals surface area contributed by atoms with Gasteiger partial charge in [-0.05, 0) is 116 Å². The highest BCUT2D eigenvalue weighted by molar-refractivity contribution is 5.92. The van der Waals surface area contributed by atoms with Gasteiger partial charge in [-0.1, -0.05) is 176 Å². The van der Waals surface area contributed by atoms with Crippen molar-refractivity contribution in [3.05, 3.63) is 228 Å². The van der Waals surface area contributed by atoms with E-state index >= 15 is 0 Å². The molecule has 0 bridgehead atoms. The number of hydrogen-bond acceptors (Lipinski definition) is 4. The van der Waals surface area contributed by atoms with Gasteiger partial charge >= 0.3 is 0 Å². The molecule has 290 valence electrons. The van der Waals surface area contributed by atoms with Crippen LogP contribution in [0, 0.1) is 6.92 Å². The van der Waals surface area contributed by atoms with Crippen molar-refractivity contribution < 1.29 is 0 Å². The van der Waals surface area contributed by atoms with Crippen LogP contribution >= 0.6 is 0 Å². The number of fused-ring (bicyclic) bond motifs is 1.